The van der Waals surface area contributed by atoms with Crippen LogP contribution in [-0.2, 0) is 16.1 Å². The second kappa shape index (κ2) is 7.64. The largest absolute Gasteiger partial charge is 0.482 e. The summed E-state index contributed by atoms with van der Waals surface area (Å²) in [4.78, 5) is 28.2. The summed E-state index contributed by atoms with van der Waals surface area (Å²) >= 11 is 2.19. The number of ether oxygens (including phenoxy) is 2. The lowest BCUT2D eigenvalue weighted by atomic mass is 10.3. The minimum atomic E-state index is -0.524. The van der Waals surface area contributed by atoms with E-state index in [2.05, 4.69) is 27.6 Å². The molecule has 6 nitrogen and oxygen atoms in total. The fraction of sp³-hybridized carbons (Fsp3) is 0.167. The molecule has 0 radical (unpaired) electrons. The van der Waals surface area contributed by atoms with Gasteiger partial charge in [0.15, 0.2) is 6.61 Å². The summed E-state index contributed by atoms with van der Waals surface area (Å²) < 4.78 is 13.0. The van der Waals surface area contributed by atoms with Crippen molar-refractivity contribution < 1.29 is 14.3 Å². The Kier molecular flexibility index (Phi) is 5.32. The molecule has 25 heavy (non-hydrogen) atoms. The maximum absolute atomic E-state index is 12.1. The third kappa shape index (κ3) is 4.56. The van der Waals surface area contributed by atoms with E-state index in [1.54, 1.807) is 24.4 Å². The Labute approximate surface area is 157 Å². The summed E-state index contributed by atoms with van der Waals surface area (Å²) in [6, 6.07) is 12.3. The zero-order valence-electron chi connectivity index (χ0n) is 13.4. The molecule has 0 N–H and O–H groups in total. The molecule has 3 aromatic rings. The summed E-state index contributed by atoms with van der Waals surface area (Å²) in [5.41, 5.74) is 1.66. The molecular weight excluding hydrogens is 435 g/mol. The number of fused-ring (bicyclic) bond motifs is 1. The Morgan fingerprint density at radius 2 is 1.96 bits per heavy atom. The molecule has 0 aliphatic heterocycles. The van der Waals surface area contributed by atoms with Gasteiger partial charge in [-0.05, 0) is 65.4 Å². The highest BCUT2D eigenvalue weighted by Crippen LogP contribution is 2.13. The first-order valence-corrected chi connectivity index (χ1v) is 8.62. The van der Waals surface area contributed by atoms with Crippen molar-refractivity contribution in [3.05, 3.63) is 73.8 Å². The molecule has 0 saturated carbocycles. The number of carbonyl (C=O) groups excluding carboxylic acids is 1. The predicted molar refractivity (Wildman–Crippen MR) is 101 cm³/mol. The van der Waals surface area contributed by atoms with Crippen molar-refractivity contribution in [1.29, 1.82) is 0 Å². The van der Waals surface area contributed by atoms with Crippen LogP contribution < -0.4 is 10.3 Å². The zero-order valence-corrected chi connectivity index (χ0v) is 15.6. The Hall–Kier alpha value is -2.42. The van der Waals surface area contributed by atoms with Gasteiger partial charge in [-0.25, -0.2) is 9.78 Å². The van der Waals surface area contributed by atoms with Crippen LogP contribution in [0.3, 0.4) is 0 Å². The molecule has 0 bridgehead atoms. The lowest BCUT2D eigenvalue weighted by Gasteiger charge is -2.08. The first kappa shape index (κ1) is 17.4. The SMILES string of the molecule is Cc1ccc2nc(COC(=O)COc3ccc(I)cc3)cc(=O)n2c1. The van der Waals surface area contributed by atoms with Crippen LogP contribution in [0, 0.1) is 10.5 Å². The molecule has 0 spiro atoms. The van der Waals surface area contributed by atoms with E-state index >= 15 is 0 Å². The number of hydrogen-bond donors (Lipinski definition) is 0. The van der Waals surface area contributed by atoms with Crippen LogP contribution in [0.15, 0.2) is 53.5 Å². The molecule has 3 rings (SSSR count). The molecule has 0 amide bonds. The van der Waals surface area contributed by atoms with E-state index < -0.39 is 5.97 Å². The van der Waals surface area contributed by atoms with Crippen molar-refractivity contribution in [2.75, 3.05) is 6.61 Å². The lowest BCUT2D eigenvalue weighted by molar-refractivity contribution is -0.147. The van der Waals surface area contributed by atoms with Crippen LogP contribution in [0.5, 0.6) is 5.75 Å². The Morgan fingerprint density at radius 1 is 1.20 bits per heavy atom. The Balaban J connectivity index is 1.60. The second-order valence-electron chi connectivity index (χ2n) is 5.42. The molecule has 2 aromatic heterocycles. The van der Waals surface area contributed by atoms with Crippen LogP contribution >= 0.6 is 22.6 Å². The minimum absolute atomic E-state index is 0.0749. The highest BCUT2D eigenvalue weighted by molar-refractivity contribution is 14.1. The Bertz CT molecular complexity index is 967. The zero-order chi connectivity index (χ0) is 17.8. The van der Waals surface area contributed by atoms with Gasteiger partial charge in [0, 0.05) is 15.8 Å². The Morgan fingerprint density at radius 3 is 2.72 bits per heavy atom. The molecule has 0 aliphatic rings. The molecule has 1 aromatic carbocycles. The monoisotopic (exact) mass is 450 g/mol. The van der Waals surface area contributed by atoms with Crippen LogP contribution in [0.4, 0.5) is 0 Å². The molecule has 0 unspecified atom stereocenters. The molecule has 0 aliphatic carbocycles. The van der Waals surface area contributed by atoms with E-state index in [1.165, 1.54) is 10.5 Å². The summed E-state index contributed by atoms with van der Waals surface area (Å²) in [5, 5.41) is 0. The van der Waals surface area contributed by atoms with Crippen molar-refractivity contribution in [2.24, 2.45) is 0 Å². The van der Waals surface area contributed by atoms with E-state index in [0.29, 0.717) is 17.1 Å². The van der Waals surface area contributed by atoms with Crippen molar-refractivity contribution in [3.8, 4) is 5.75 Å². The van der Waals surface area contributed by atoms with Gasteiger partial charge in [0.25, 0.3) is 5.56 Å². The number of rotatable bonds is 5. The van der Waals surface area contributed by atoms with Gasteiger partial charge in [-0.3, -0.25) is 9.20 Å². The first-order chi connectivity index (χ1) is 12.0. The van der Waals surface area contributed by atoms with Crippen molar-refractivity contribution in [1.82, 2.24) is 9.38 Å². The van der Waals surface area contributed by atoms with Crippen molar-refractivity contribution in [3.63, 3.8) is 0 Å². The fourth-order valence-electron chi connectivity index (χ4n) is 2.20. The van der Waals surface area contributed by atoms with Crippen molar-refractivity contribution in [2.45, 2.75) is 13.5 Å². The van der Waals surface area contributed by atoms with E-state index in [-0.39, 0.29) is 18.8 Å². The van der Waals surface area contributed by atoms with Gasteiger partial charge >= 0.3 is 5.97 Å². The molecule has 0 atom stereocenters. The van der Waals surface area contributed by atoms with Gasteiger partial charge in [0.05, 0.1) is 5.69 Å². The first-order valence-electron chi connectivity index (χ1n) is 7.54. The fourth-order valence-corrected chi connectivity index (χ4v) is 2.56. The number of carbonyl (C=O) groups is 1. The molecule has 0 saturated heterocycles. The molecule has 0 fully saturated rings. The average Bonchev–Trinajstić information content (AvgIpc) is 2.60. The highest BCUT2D eigenvalue weighted by Gasteiger charge is 2.08. The van der Waals surface area contributed by atoms with E-state index in [0.717, 1.165) is 9.13 Å². The van der Waals surface area contributed by atoms with Gasteiger partial charge in [-0.2, -0.15) is 0 Å². The van der Waals surface area contributed by atoms with Gasteiger partial charge in [0.2, 0.25) is 0 Å². The topological polar surface area (TPSA) is 69.9 Å². The maximum Gasteiger partial charge on any atom is 0.344 e. The van der Waals surface area contributed by atoms with Crippen molar-refractivity contribution >= 4 is 34.2 Å². The summed E-state index contributed by atoms with van der Waals surface area (Å²) in [7, 11) is 0. The number of aromatic nitrogens is 2. The summed E-state index contributed by atoms with van der Waals surface area (Å²) in [6.45, 7) is 1.62. The standard InChI is InChI=1S/C18H15IN2O4/c1-12-2-7-16-20-14(8-17(22)21(16)9-12)10-25-18(23)11-24-15-5-3-13(19)4-6-15/h2-9H,10-11H2,1H3. The molecule has 7 heteroatoms. The predicted octanol–water partition coefficient (Wildman–Crippen LogP) is 2.73. The number of pyridine rings is 1. The molecular formula is C18H15IN2O4. The van der Waals surface area contributed by atoms with Gasteiger partial charge < -0.3 is 9.47 Å². The van der Waals surface area contributed by atoms with Crippen LogP contribution in [0.2, 0.25) is 0 Å². The average molecular weight is 450 g/mol. The number of aryl methyl sites for hydroxylation is 1. The number of halogens is 1. The number of hydrogen-bond acceptors (Lipinski definition) is 5. The quantitative estimate of drug-likeness (QED) is 0.442. The number of nitrogens with zero attached hydrogens (tertiary/aromatic N) is 2. The van der Waals surface area contributed by atoms with Crippen LogP contribution in [0.1, 0.15) is 11.3 Å². The minimum Gasteiger partial charge on any atom is -0.482 e. The third-order valence-corrected chi connectivity index (χ3v) is 4.13. The third-order valence-electron chi connectivity index (χ3n) is 3.41. The van der Waals surface area contributed by atoms with E-state index in [9.17, 15) is 9.59 Å². The van der Waals surface area contributed by atoms with E-state index in [4.69, 9.17) is 9.47 Å². The normalized spacial score (nSPS) is 10.6. The lowest BCUT2D eigenvalue weighted by Crippen LogP contribution is -2.18. The van der Waals surface area contributed by atoms with Gasteiger partial charge in [-0.1, -0.05) is 6.07 Å². The van der Waals surface area contributed by atoms with Gasteiger partial charge in [-0.15, -0.1) is 0 Å². The highest BCUT2D eigenvalue weighted by atomic mass is 127. The maximum atomic E-state index is 12.1. The number of benzene rings is 1. The van der Waals surface area contributed by atoms with Crippen LogP contribution in [0.25, 0.3) is 5.65 Å². The molecule has 2 heterocycles. The van der Waals surface area contributed by atoms with Gasteiger partial charge in [0.1, 0.15) is 18.0 Å². The number of esters is 1. The summed E-state index contributed by atoms with van der Waals surface area (Å²) in [6.07, 6.45) is 1.72. The molecule has 128 valence electrons. The van der Waals surface area contributed by atoms with E-state index in [1.807, 2.05) is 25.1 Å². The van der Waals surface area contributed by atoms with Crippen LogP contribution in [-0.4, -0.2) is 22.0 Å². The smallest absolute Gasteiger partial charge is 0.344 e. The summed E-state index contributed by atoms with van der Waals surface area (Å²) in [5.74, 6) is 0.0688. The second-order valence-corrected chi connectivity index (χ2v) is 6.67.